The third-order valence-corrected chi connectivity index (χ3v) is 4.90. The van der Waals surface area contributed by atoms with E-state index in [1.54, 1.807) is 0 Å². The Morgan fingerprint density at radius 3 is 2.43 bits per heavy atom. The van der Waals surface area contributed by atoms with Crippen LogP contribution in [0.3, 0.4) is 0 Å². The van der Waals surface area contributed by atoms with Crippen LogP contribution in [0.1, 0.15) is 17.3 Å². The Labute approximate surface area is 121 Å². The second-order valence-electron chi connectivity index (χ2n) is 4.14. The summed E-state index contributed by atoms with van der Waals surface area (Å²) in [5.41, 5.74) is -0.760. The number of methoxy groups -OCH3 is 1. The average molecular weight is 319 g/mol. The third kappa shape index (κ3) is 3.19. The maximum atomic E-state index is 13.7. The normalized spacial score (nSPS) is 13.0. The number of carboxylic acids is 1. The van der Waals surface area contributed by atoms with Crippen LogP contribution in [0.15, 0.2) is 23.1 Å². The molecule has 1 aromatic carbocycles. The van der Waals surface area contributed by atoms with Crippen LogP contribution in [0.4, 0.5) is 4.39 Å². The predicted molar refractivity (Wildman–Crippen MR) is 69.8 cm³/mol. The molecule has 0 saturated carbocycles. The number of ether oxygens (including phenoxy) is 1. The van der Waals surface area contributed by atoms with Crippen molar-refractivity contribution < 1.29 is 32.2 Å². The number of halogens is 1. The second kappa shape index (κ2) is 6.19. The van der Waals surface area contributed by atoms with Crippen LogP contribution in [0, 0.1) is 5.82 Å². The summed E-state index contributed by atoms with van der Waals surface area (Å²) in [6.45, 7) is 1.15. The molecule has 0 heterocycles. The number of hydrogen-bond acceptors (Lipinski definition) is 5. The first kappa shape index (κ1) is 17.1. The first-order valence-corrected chi connectivity index (χ1v) is 7.16. The molecule has 9 heteroatoms. The summed E-state index contributed by atoms with van der Waals surface area (Å²) in [6.07, 6.45) is 0. The van der Waals surface area contributed by atoms with E-state index in [2.05, 4.69) is 4.74 Å². The highest BCUT2D eigenvalue weighted by Crippen LogP contribution is 2.24. The maximum Gasteiger partial charge on any atom is 0.342 e. The topological polar surface area (TPSA) is 101 Å². The van der Waals surface area contributed by atoms with Crippen molar-refractivity contribution in [1.82, 2.24) is 4.31 Å². The van der Waals surface area contributed by atoms with Gasteiger partial charge in [0.25, 0.3) is 0 Å². The zero-order chi connectivity index (χ0) is 16.4. The van der Waals surface area contributed by atoms with Gasteiger partial charge in [0.1, 0.15) is 17.4 Å². The van der Waals surface area contributed by atoms with Crippen LogP contribution < -0.4 is 0 Å². The van der Waals surface area contributed by atoms with Gasteiger partial charge in [0.15, 0.2) is 0 Å². The fourth-order valence-electron chi connectivity index (χ4n) is 1.54. The Kier molecular flexibility index (Phi) is 5.02. The molecular weight excluding hydrogens is 305 g/mol. The molecule has 0 spiro atoms. The van der Waals surface area contributed by atoms with Gasteiger partial charge < -0.3 is 9.84 Å². The molecule has 0 bridgehead atoms. The van der Waals surface area contributed by atoms with E-state index in [9.17, 15) is 22.4 Å². The minimum Gasteiger partial charge on any atom is -0.480 e. The number of nitrogens with zero attached hydrogens (tertiary/aromatic N) is 1. The molecule has 0 aliphatic rings. The van der Waals surface area contributed by atoms with Gasteiger partial charge in [-0.1, -0.05) is 6.07 Å². The van der Waals surface area contributed by atoms with Gasteiger partial charge in [-0.05, 0) is 19.1 Å². The molecule has 1 aromatic rings. The van der Waals surface area contributed by atoms with Crippen LogP contribution in [-0.4, -0.2) is 50.0 Å². The molecule has 0 amide bonds. The molecule has 0 radical (unpaired) electrons. The summed E-state index contributed by atoms with van der Waals surface area (Å²) < 4.78 is 43.4. The van der Waals surface area contributed by atoms with Crippen molar-refractivity contribution in [2.45, 2.75) is 17.9 Å². The highest BCUT2D eigenvalue weighted by molar-refractivity contribution is 7.89. The van der Waals surface area contributed by atoms with Gasteiger partial charge in [0.2, 0.25) is 10.0 Å². The summed E-state index contributed by atoms with van der Waals surface area (Å²) in [5, 5.41) is 8.87. The number of esters is 1. The van der Waals surface area contributed by atoms with Crippen LogP contribution in [0.2, 0.25) is 0 Å². The molecule has 1 N–H and O–H groups in total. The van der Waals surface area contributed by atoms with Crippen molar-refractivity contribution in [3.63, 3.8) is 0 Å². The molecule has 0 fully saturated rings. The minimum absolute atomic E-state index is 0.538. The molecule has 1 rings (SSSR count). The molecule has 1 atom stereocenters. The molecule has 1 unspecified atom stereocenters. The molecule has 0 aromatic heterocycles. The van der Waals surface area contributed by atoms with Gasteiger partial charge in [0, 0.05) is 7.05 Å². The summed E-state index contributed by atoms with van der Waals surface area (Å²) in [4.78, 5) is 21.8. The van der Waals surface area contributed by atoms with Crippen molar-refractivity contribution in [2.24, 2.45) is 0 Å². The zero-order valence-corrected chi connectivity index (χ0v) is 12.3. The summed E-state index contributed by atoms with van der Waals surface area (Å²) in [6, 6.07) is 1.64. The predicted octanol–water partition coefficient (Wildman–Crippen LogP) is 0.706. The number of carboxylic acid groups (broad SMARTS) is 1. The van der Waals surface area contributed by atoms with Gasteiger partial charge in [-0.25, -0.2) is 17.6 Å². The molecule has 0 saturated heterocycles. The van der Waals surface area contributed by atoms with Gasteiger partial charge >= 0.3 is 11.9 Å². The Morgan fingerprint density at radius 2 is 1.95 bits per heavy atom. The third-order valence-electron chi connectivity index (χ3n) is 2.92. The SMILES string of the molecule is COC(=O)c1c(F)cccc1S(=O)(=O)N(C)C(C)C(=O)O. The lowest BCUT2D eigenvalue weighted by molar-refractivity contribution is -0.140. The molecule has 7 nitrogen and oxygen atoms in total. The standard InChI is InChI=1S/C12H14FNO6S/c1-7(11(15)16)14(2)21(18,19)9-6-4-5-8(13)10(9)12(17)20-3/h4-7H,1-3H3,(H,15,16). The molecule has 21 heavy (non-hydrogen) atoms. The zero-order valence-electron chi connectivity index (χ0n) is 11.5. The monoisotopic (exact) mass is 319 g/mol. The Bertz CT molecular complexity index is 672. The van der Waals surface area contributed by atoms with Crippen molar-refractivity contribution in [3.8, 4) is 0 Å². The lowest BCUT2D eigenvalue weighted by Crippen LogP contribution is -2.40. The fourth-order valence-corrected chi connectivity index (χ4v) is 3.04. The first-order valence-electron chi connectivity index (χ1n) is 5.72. The van der Waals surface area contributed by atoms with E-state index in [1.165, 1.54) is 0 Å². The highest BCUT2D eigenvalue weighted by atomic mass is 32.2. The first-order chi connectivity index (χ1) is 9.64. The number of rotatable bonds is 5. The van der Waals surface area contributed by atoms with Crippen molar-refractivity contribution >= 4 is 22.0 Å². The van der Waals surface area contributed by atoms with E-state index in [-0.39, 0.29) is 0 Å². The number of hydrogen-bond donors (Lipinski definition) is 1. The van der Waals surface area contributed by atoms with E-state index in [0.717, 1.165) is 39.3 Å². The quantitative estimate of drug-likeness (QED) is 0.802. The Morgan fingerprint density at radius 1 is 1.38 bits per heavy atom. The van der Waals surface area contributed by atoms with Crippen LogP contribution >= 0.6 is 0 Å². The number of carbonyl (C=O) groups excluding carboxylic acids is 1. The average Bonchev–Trinajstić information content (AvgIpc) is 2.44. The van der Waals surface area contributed by atoms with Crippen molar-refractivity contribution in [3.05, 3.63) is 29.6 Å². The van der Waals surface area contributed by atoms with Gasteiger partial charge in [-0.15, -0.1) is 0 Å². The van der Waals surface area contributed by atoms with Crippen molar-refractivity contribution in [2.75, 3.05) is 14.2 Å². The van der Waals surface area contributed by atoms with E-state index in [4.69, 9.17) is 5.11 Å². The largest absolute Gasteiger partial charge is 0.480 e. The number of likely N-dealkylation sites (N-methyl/N-ethyl adjacent to an activating group) is 1. The molecular formula is C12H14FNO6S. The van der Waals surface area contributed by atoms with Gasteiger partial charge in [0.05, 0.1) is 12.0 Å². The van der Waals surface area contributed by atoms with E-state index in [1.807, 2.05) is 0 Å². The van der Waals surface area contributed by atoms with Crippen LogP contribution in [0.25, 0.3) is 0 Å². The maximum absolute atomic E-state index is 13.7. The lowest BCUT2D eigenvalue weighted by Gasteiger charge is -2.22. The fraction of sp³-hybridized carbons (Fsp3) is 0.333. The van der Waals surface area contributed by atoms with E-state index < -0.39 is 44.3 Å². The number of carbonyl (C=O) groups is 2. The smallest absolute Gasteiger partial charge is 0.342 e. The summed E-state index contributed by atoms with van der Waals surface area (Å²) in [7, 11) is -2.37. The molecule has 116 valence electrons. The Balaban J connectivity index is 3.49. The van der Waals surface area contributed by atoms with E-state index >= 15 is 0 Å². The summed E-state index contributed by atoms with van der Waals surface area (Å²) in [5.74, 6) is -3.61. The second-order valence-corrected chi connectivity index (χ2v) is 6.11. The number of benzene rings is 1. The Hall–Kier alpha value is -2.00. The van der Waals surface area contributed by atoms with Crippen molar-refractivity contribution in [1.29, 1.82) is 0 Å². The van der Waals surface area contributed by atoms with Crippen LogP contribution in [-0.2, 0) is 19.6 Å². The lowest BCUT2D eigenvalue weighted by atomic mass is 10.2. The minimum atomic E-state index is -4.38. The van der Waals surface area contributed by atoms with Gasteiger partial charge in [-0.3, -0.25) is 4.79 Å². The summed E-state index contributed by atoms with van der Waals surface area (Å²) >= 11 is 0. The van der Waals surface area contributed by atoms with E-state index in [0.29, 0.717) is 4.31 Å². The number of sulfonamides is 1. The molecule has 0 aliphatic carbocycles. The highest BCUT2D eigenvalue weighted by Gasteiger charge is 2.34. The van der Waals surface area contributed by atoms with Crippen LogP contribution in [0.5, 0.6) is 0 Å². The molecule has 0 aliphatic heterocycles. The van der Waals surface area contributed by atoms with Gasteiger partial charge in [-0.2, -0.15) is 4.31 Å². The number of aliphatic carboxylic acids is 1.